The maximum absolute atomic E-state index is 12.5. The van der Waals surface area contributed by atoms with Crippen molar-refractivity contribution in [3.63, 3.8) is 0 Å². The summed E-state index contributed by atoms with van der Waals surface area (Å²) < 4.78 is 5.88. The summed E-state index contributed by atoms with van der Waals surface area (Å²) in [6, 6.07) is 9.00. The van der Waals surface area contributed by atoms with Crippen molar-refractivity contribution in [1.82, 2.24) is 10.1 Å². The van der Waals surface area contributed by atoms with E-state index in [1.807, 2.05) is 12.1 Å². The monoisotopic (exact) mass is 391 g/mol. The van der Waals surface area contributed by atoms with Gasteiger partial charge >= 0.3 is 0 Å². The zero-order valence-corrected chi connectivity index (χ0v) is 14.9. The number of anilines is 1. The highest BCUT2D eigenvalue weighted by Gasteiger charge is 2.28. The van der Waals surface area contributed by atoms with Crippen LogP contribution in [-0.2, 0) is 4.79 Å². The van der Waals surface area contributed by atoms with Crippen LogP contribution < -0.4 is 5.32 Å². The predicted molar refractivity (Wildman–Crippen MR) is 92.6 cm³/mol. The molecule has 24 heavy (non-hydrogen) atoms. The number of likely N-dealkylation sites (tertiary alicyclic amines) is 1. The first kappa shape index (κ1) is 16.7. The third-order valence-corrected chi connectivity index (χ3v) is 4.65. The van der Waals surface area contributed by atoms with E-state index in [9.17, 15) is 9.59 Å². The second-order valence-corrected chi connectivity index (χ2v) is 6.80. The highest BCUT2D eigenvalue weighted by molar-refractivity contribution is 9.10. The number of amides is 2. The number of piperidine rings is 1. The van der Waals surface area contributed by atoms with Crippen molar-refractivity contribution in [3.05, 3.63) is 46.1 Å². The van der Waals surface area contributed by atoms with Crippen LogP contribution in [0.3, 0.4) is 0 Å². The van der Waals surface area contributed by atoms with Crippen LogP contribution in [-0.4, -0.2) is 35.0 Å². The van der Waals surface area contributed by atoms with Crippen LogP contribution in [0.4, 0.5) is 5.82 Å². The maximum atomic E-state index is 12.5. The fourth-order valence-electron chi connectivity index (χ4n) is 2.77. The maximum Gasteiger partial charge on any atom is 0.253 e. The SMILES string of the molecule is Cc1cc(NC(=O)C2CCN(C(=O)c3ccc(Br)cc3)CC2)no1. The number of nitrogens with zero attached hydrogens (tertiary/aromatic N) is 2. The minimum atomic E-state index is -0.115. The lowest BCUT2D eigenvalue weighted by Crippen LogP contribution is -2.41. The van der Waals surface area contributed by atoms with Crippen LogP contribution >= 0.6 is 15.9 Å². The van der Waals surface area contributed by atoms with Gasteiger partial charge in [-0.15, -0.1) is 0 Å². The van der Waals surface area contributed by atoms with Crippen molar-refractivity contribution in [2.75, 3.05) is 18.4 Å². The molecule has 1 N–H and O–H groups in total. The molecule has 0 aliphatic carbocycles. The number of rotatable bonds is 3. The molecule has 2 aromatic rings. The lowest BCUT2D eigenvalue weighted by atomic mass is 9.95. The van der Waals surface area contributed by atoms with Crippen LogP contribution in [0.2, 0.25) is 0 Å². The van der Waals surface area contributed by atoms with Crippen LogP contribution in [0.1, 0.15) is 29.0 Å². The molecule has 1 fully saturated rings. The first-order chi connectivity index (χ1) is 11.5. The van der Waals surface area contributed by atoms with Gasteiger partial charge in [0.1, 0.15) is 5.76 Å². The molecule has 2 amide bonds. The third kappa shape index (κ3) is 3.84. The van der Waals surface area contributed by atoms with Crippen LogP contribution in [0, 0.1) is 12.8 Å². The molecule has 1 aromatic carbocycles. The quantitative estimate of drug-likeness (QED) is 0.870. The van der Waals surface area contributed by atoms with Gasteiger partial charge in [0.05, 0.1) is 0 Å². The van der Waals surface area contributed by atoms with Gasteiger partial charge in [0.2, 0.25) is 5.91 Å². The van der Waals surface area contributed by atoms with Gasteiger partial charge in [0, 0.05) is 35.1 Å². The Morgan fingerprint density at radius 1 is 1.25 bits per heavy atom. The first-order valence-corrected chi connectivity index (χ1v) is 8.61. The summed E-state index contributed by atoms with van der Waals surface area (Å²) in [6.45, 7) is 2.92. The van der Waals surface area contributed by atoms with Crippen molar-refractivity contribution in [3.8, 4) is 0 Å². The minimum absolute atomic E-state index is 0.00786. The molecule has 7 heteroatoms. The molecule has 3 rings (SSSR count). The molecule has 0 spiro atoms. The van der Waals surface area contributed by atoms with Gasteiger partial charge in [-0.25, -0.2) is 0 Å². The van der Waals surface area contributed by atoms with Gasteiger partial charge in [-0.1, -0.05) is 21.1 Å². The van der Waals surface area contributed by atoms with E-state index in [0.717, 1.165) is 4.47 Å². The average molecular weight is 392 g/mol. The van der Waals surface area contributed by atoms with Crippen molar-refractivity contribution in [2.45, 2.75) is 19.8 Å². The molecule has 0 unspecified atom stereocenters. The van der Waals surface area contributed by atoms with Gasteiger partial charge < -0.3 is 14.7 Å². The number of halogens is 1. The molecular weight excluding hydrogens is 374 g/mol. The number of carbonyl (C=O) groups excluding carboxylic acids is 2. The molecule has 1 saturated heterocycles. The molecule has 1 aliphatic rings. The van der Waals surface area contributed by atoms with Crippen LogP contribution in [0.25, 0.3) is 0 Å². The van der Waals surface area contributed by atoms with Crippen LogP contribution in [0.15, 0.2) is 39.3 Å². The molecular formula is C17H18BrN3O3. The number of benzene rings is 1. The summed E-state index contributed by atoms with van der Waals surface area (Å²) in [6.07, 6.45) is 1.29. The summed E-state index contributed by atoms with van der Waals surface area (Å²) in [5.74, 6) is 0.912. The summed E-state index contributed by atoms with van der Waals surface area (Å²) in [5, 5.41) is 6.53. The Morgan fingerprint density at radius 2 is 1.92 bits per heavy atom. The van der Waals surface area contributed by atoms with Gasteiger partial charge in [-0.05, 0) is 44.0 Å². The molecule has 1 aliphatic heterocycles. The number of carbonyl (C=O) groups is 2. The molecule has 0 atom stereocenters. The van der Waals surface area contributed by atoms with Crippen LogP contribution in [0.5, 0.6) is 0 Å². The van der Waals surface area contributed by atoms with Gasteiger partial charge in [-0.3, -0.25) is 9.59 Å². The number of aryl methyl sites for hydroxylation is 1. The smallest absolute Gasteiger partial charge is 0.253 e. The highest BCUT2D eigenvalue weighted by atomic mass is 79.9. The summed E-state index contributed by atoms with van der Waals surface area (Å²) in [4.78, 5) is 26.5. The predicted octanol–water partition coefficient (Wildman–Crippen LogP) is 3.24. The van der Waals surface area contributed by atoms with Crippen molar-refractivity contribution in [1.29, 1.82) is 0 Å². The van der Waals surface area contributed by atoms with Crippen molar-refractivity contribution >= 4 is 33.6 Å². The molecule has 6 nitrogen and oxygen atoms in total. The second-order valence-electron chi connectivity index (χ2n) is 5.89. The van der Waals surface area contributed by atoms with E-state index in [0.29, 0.717) is 43.1 Å². The largest absolute Gasteiger partial charge is 0.360 e. The summed E-state index contributed by atoms with van der Waals surface area (Å²) >= 11 is 3.36. The van der Waals surface area contributed by atoms with E-state index < -0.39 is 0 Å². The number of hydrogen-bond donors (Lipinski definition) is 1. The lowest BCUT2D eigenvalue weighted by Gasteiger charge is -2.31. The van der Waals surface area contributed by atoms with E-state index in [4.69, 9.17) is 4.52 Å². The van der Waals surface area contributed by atoms with E-state index >= 15 is 0 Å². The van der Waals surface area contributed by atoms with E-state index in [2.05, 4.69) is 26.4 Å². The van der Waals surface area contributed by atoms with Crippen molar-refractivity contribution < 1.29 is 14.1 Å². The normalized spacial score (nSPS) is 15.3. The summed E-state index contributed by atoms with van der Waals surface area (Å²) in [7, 11) is 0. The number of nitrogens with one attached hydrogen (secondary N) is 1. The second kappa shape index (κ2) is 7.17. The minimum Gasteiger partial charge on any atom is -0.360 e. The van der Waals surface area contributed by atoms with Gasteiger partial charge in [0.15, 0.2) is 5.82 Å². The Balaban J connectivity index is 1.54. The Labute approximate surface area is 148 Å². The van der Waals surface area contributed by atoms with E-state index in [1.54, 1.807) is 30.0 Å². The standard InChI is InChI=1S/C17H18BrN3O3/c1-11-10-15(20-24-11)19-16(22)12-6-8-21(9-7-12)17(23)13-2-4-14(18)5-3-13/h2-5,10,12H,6-9H2,1H3,(H,19,20,22). The zero-order valence-electron chi connectivity index (χ0n) is 13.3. The molecule has 2 heterocycles. The Morgan fingerprint density at radius 3 is 2.50 bits per heavy atom. The zero-order chi connectivity index (χ0) is 17.1. The summed E-state index contributed by atoms with van der Waals surface area (Å²) in [5.41, 5.74) is 0.666. The van der Waals surface area contributed by atoms with E-state index in [-0.39, 0.29) is 17.7 Å². The highest BCUT2D eigenvalue weighted by Crippen LogP contribution is 2.21. The first-order valence-electron chi connectivity index (χ1n) is 7.82. The molecule has 126 valence electrons. The fourth-order valence-corrected chi connectivity index (χ4v) is 3.04. The Kier molecular flexibility index (Phi) is 4.99. The Bertz CT molecular complexity index is 734. The average Bonchev–Trinajstić information content (AvgIpc) is 3.00. The van der Waals surface area contributed by atoms with Gasteiger partial charge in [0.25, 0.3) is 5.91 Å². The number of aromatic nitrogens is 1. The number of hydrogen-bond acceptors (Lipinski definition) is 4. The topological polar surface area (TPSA) is 75.4 Å². The molecule has 0 saturated carbocycles. The van der Waals surface area contributed by atoms with Crippen molar-refractivity contribution in [2.24, 2.45) is 5.92 Å². The Hall–Kier alpha value is -2.15. The molecule has 0 bridgehead atoms. The van der Waals surface area contributed by atoms with E-state index in [1.165, 1.54) is 0 Å². The van der Waals surface area contributed by atoms with Gasteiger partial charge in [-0.2, -0.15) is 0 Å². The fraction of sp³-hybridized carbons (Fsp3) is 0.353. The molecule has 1 aromatic heterocycles. The third-order valence-electron chi connectivity index (χ3n) is 4.12. The lowest BCUT2D eigenvalue weighted by molar-refractivity contribution is -0.121. The molecule has 0 radical (unpaired) electrons.